The molecule has 3 heterocycles. The van der Waals surface area contributed by atoms with E-state index in [0.29, 0.717) is 12.0 Å². The van der Waals surface area contributed by atoms with Crippen LogP contribution in [0.4, 0.5) is 0 Å². The number of para-hydroxylation sites is 1. The standard InChI is InChI=1S/C32H39N5O13/c33-37-36-25-29(48-15-23(40)41)27(43)22(13-39)50-32(25)46-10-9-16-5-7-17(8-6-16)14-47-28-24(31(45)49-21(12-38)26(28)42)35-30(44)20-11-18-3-1-2-4-19(18)34-20/h1-8,11,21-22,24-29,31-32,34,38-39,42-43,45H,9-10,12-15H2,(H,35,44)(H,40,41)/t21?,22?,24?,25?,26-,27+,28+,29+,31+,32+/m0/s1. The van der Waals surface area contributed by atoms with Crippen LogP contribution in [0, 0.1) is 0 Å². The molecule has 1 aromatic heterocycles. The molecule has 1 amide bonds. The molecule has 2 saturated heterocycles. The Balaban J connectivity index is 1.18. The van der Waals surface area contributed by atoms with Crippen molar-refractivity contribution in [3.63, 3.8) is 0 Å². The van der Waals surface area contributed by atoms with E-state index in [2.05, 4.69) is 20.3 Å². The van der Waals surface area contributed by atoms with Crippen LogP contribution in [-0.4, -0.2) is 135 Å². The van der Waals surface area contributed by atoms with E-state index in [1.165, 1.54) is 0 Å². The number of hydrogen-bond donors (Lipinski definition) is 8. The summed E-state index contributed by atoms with van der Waals surface area (Å²) in [5.74, 6) is -1.86. The monoisotopic (exact) mass is 701 g/mol. The number of hydrogen-bond acceptors (Lipinski definition) is 13. The number of rotatable bonds is 15. The number of ether oxygens (including phenoxy) is 5. The number of carbonyl (C=O) groups excluding carboxylic acids is 1. The molecule has 4 unspecified atom stereocenters. The van der Waals surface area contributed by atoms with Crippen LogP contribution in [0.15, 0.2) is 59.7 Å². The summed E-state index contributed by atoms with van der Waals surface area (Å²) in [5, 5.41) is 67.5. The Hall–Kier alpha value is -4.17. The predicted octanol–water partition coefficient (Wildman–Crippen LogP) is -0.292. The molecule has 0 radical (unpaired) electrons. The Kier molecular flexibility index (Phi) is 12.7. The van der Waals surface area contributed by atoms with Crippen LogP contribution in [0.3, 0.4) is 0 Å². The minimum atomic E-state index is -1.59. The number of H-pyrrole nitrogens is 1. The highest BCUT2D eigenvalue weighted by Crippen LogP contribution is 2.28. The van der Waals surface area contributed by atoms with Crippen molar-refractivity contribution < 1.29 is 63.9 Å². The average Bonchev–Trinajstić information content (AvgIpc) is 3.55. The maximum atomic E-state index is 13.1. The highest BCUT2D eigenvalue weighted by molar-refractivity contribution is 5.98. The quantitative estimate of drug-likeness (QED) is 0.0575. The molecule has 2 aliphatic heterocycles. The van der Waals surface area contributed by atoms with Gasteiger partial charge in [0.15, 0.2) is 12.6 Å². The molecule has 18 nitrogen and oxygen atoms in total. The van der Waals surface area contributed by atoms with Crippen LogP contribution in [-0.2, 0) is 41.5 Å². The lowest BCUT2D eigenvalue weighted by atomic mass is 9.96. The smallest absolute Gasteiger partial charge is 0.329 e. The zero-order chi connectivity index (χ0) is 35.8. The summed E-state index contributed by atoms with van der Waals surface area (Å²) in [5.41, 5.74) is 11.5. The fourth-order valence-electron chi connectivity index (χ4n) is 5.88. The second kappa shape index (κ2) is 17.2. The maximum absolute atomic E-state index is 13.1. The lowest BCUT2D eigenvalue weighted by molar-refractivity contribution is -0.271. The van der Waals surface area contributed by atoms with Crippen molar-refractivity contribution in [1.82, 2.24) is 10.3 Å². The van der Waals surface area contributed by atoms with Crippen LogP contribution < -0.4 is 5.32 Å². The molecule has 3 aromatic rings. The van der Waals surface area contributed by atoms with Crippen molar-refractivity contribution >= 4 is 22.8 Å². The number of carbonyl (C=O) groups is 2. The van der Waals surface area contributed by atoms with Gasteiger partial charge in [-0.3, -0.25) is 4.79 Å². The number of aliphatic hydroxyl groups is 5. The van der Waals surface area contributed by atoms with Gasteiger partial charge in [-0.2, -0.15) is 0 Å². The Morgan fingerprint density at radius 1 is 0.920 bits per heavy atom. The maximum Gasteiger partial charge on any atom is 0.329 e. The Morgan fingerprint density at radius 3 is 2.28 bits per heavy atom. The molecule has 8 N–H and O–H groups in total. The number of carboxylic acids is 1. The van der Waals surface area contributed by atoms with Crippen LogP contribution >= 0.6 is 0 Å². The minimum Gasteiger partial charge on any atom is -0.480 e. The summed E-state index contributed by atoms with van der Waals surface area (Å²) in [4.78, 5) is 29.9. The third-order valence-corrected chi connectivity index (χ3v) is 8.49. The van der Waals surface area contributed by atoms with Crippen molar-refractivity contribution in [2.45, 2.75) is 74.3 Å². The molecule has 2 fully saturated rings. The lowest BCUT2D eigenvalue weighted by Gasteiger charge is -2.42. The van der Waals surface area contributed by atoms with Crippen LogP contribution in [0.25, 0.3) is 21.3 Å². The number of aromatic nitrogens is 1. The van der Waals surface area contributed by atoms with Gasteiger partial charge < -0.3 is 64.6 Å². The number of fused-ring (bicyclic) bond motifs is 1. The molecule has 0 saturated carbocycles. The molecule has 270 valence electrons. The van der Waals surface area contributed by atoms with E-state index in [4.69, 9.17) is 34.3 Å². The fourth-order valence-corrected chi connectivity index (χ4v) is 5.88. The van der Waals surface area contributed by atoms with Crippen LogP contribution in [0.1, 0.15) is 21.6 Å². The van der Waals surface area contributed by atoms with Gasteiger partial charge in [-0.25, -0.2) is 4.79 Å². The second-order valence-electron chi connectivity index (χ2n) is 11.8. The first kappa shape index (κ1) is 37.1. The second-order valence-corrected chi connectivity index (χ2v) is 11.8. The zero-order valence-corrected chi connectivity index (χ0v) is 26.6. The molecule has 2 aliphatic rings. The summed E-state index contributed by atoms with van der Waals surface area (Å²) in [6.07, 6.45) is -10.1. The summed E-state index contributed by atoms with van der Waals surface area (Å²) in [6.45, 7) is -1.98. The third-order valence-electron chi connectivity index (χ3n) is 8.49. The largest absolute Gasteiger partial charge is 0.480 e. The molecule has 18 heteroatoms. The van der Waals surface area contributed by atoms with Crippen LogP contribution in [0.5, 0.6) is 0 Å². The van der Waals surface area contributed by atoms with Gasteiger partial charge in [0.2, 0.25) is 0 Å². The molecule has 2 aromatic carbocycles. The number of aromatic amines is 1. The number of benzene rings is 2. The molecule has 5 rings (SSSR count). The Bertz CT molecular complexity index is 1600. The number of amides is 1. The third kappa shape index (κ3) is 8.76. The zero-order valence-electron chi connectivity index (χ0n) is 26.6. The molecule has 50 heavy (non-hydrogen) atoms. The first-order valence-electron chi connectivity index (χ1n) is 15.8. The van der Waals surface area contributed by atoms with Gasteiger partial charge in [0, 0.05) is 15.8 Å². The molecule has 0 spiro atoms. The van der Waals surface area contributed by atoms with E-state index in [0.717, 1.165) is 16.5 Å². The Morgan fingerprint density at radius 2 is 1.60 bits per heavy atom. The van der Waals surface area contributed by atoms with E-state index in [9.17, 15) is 35.1 Å². The number of carboxylic acid groups (broad SMARTS) is 1. The predicted molar refractivity (Wildman–Crippen MR) is 170 cm³/mol. The molecular weight excluding hydrogens is 662 g/mol. The number of aliphatic hydroxyl groups excluding tert-OH is 5. The van der Waals surface area contributed by atoms with Crippen molar-refractivity contribution in [2.75, 3.05) is 26.4 Å². The van der Waals surface area contributed by atoms with Crippen molar-refractivity contribution in [3.05, 3.63) is 81.9 Å². The van der Waals surface area contributed by atoms with E-state index >= 15 is 0 Å². The number of azide groups is 1. The summed E-state index contributed by atoms with van der Waals surface area (Å²) in [6, 6.07) is 13.6. The summed E-state index contributed by atoms with van der Waals surface area (Å²) in [7, 11) is 0. The lowest BCUT2D eigenvalue weighted by Crippen LogP contribution is -2.64. The number of aliphatic carboxylic acids is 1. The summed E-state index contributed by atoms with van der Waals surface area (Å²) >= 11 is 0. The normalized spacial score (nSPS) is 29.7. The SMILES string of the molecule is [N-]=[N+]=NC1[C@H](OCCc2ccc(CO[C@@H]3C(NC(=O)c4cc5ccccc5[nH]4)[C@H](O)OC(CO)[C@@H]3O)cc2)OC(CO)[C@@H](O)[C@@H]1OCC(=O)O. The van der Waals surface area contributed by atoms with Gasteiger partial charge in [0.25, 0.3) is 5.91 Å². The van der Waals surface area contributed by atoms with Gasteiger partial charge in [-0.15, -0.1) is 0 Å². The van der Waals surface area contributed by atoms with Gasteiger partial charge in [-0.05, 0) is 35.2 Å². The topological polar surface area (TPSA) is 278 Å². The van der Waals surface area contributed by atoms with Crippen molar-refractivity contribution in [3.8, 4) is 0 Å². The number of nitrogens with zero attached hydrogens (tertiary/aromatic N) is 3. The van der Waals surface area contributed by atoms with Gasteiger partial charge in [-0.1, -0.05) is 47.6 Å². The number of nitrogens with one attached hydrogen (secondary N) is 2. The first-order chi connectivity index (χ1) is 24.1. The molecule has 0 bridgehead atoms. The minimum absolute atomic E-state index is 0.0332. The highest BCUT2D eigenvalue weighted by atomic mass is 16.7. The van der Waals surface area contributed by atoms with Gasteiger partial charge >= 0.3 is 5.97 Å². The van der Waals surface area contributed by atoms with E-state index in [-0.39, 0.29) is 18.9 Å². The van der Waals surface area contributed by atoms with Gasteiger partial charge in [0.1, 0.15) is 61.0 Å². The van der Waals surface area contributed by atoms with E-state index < -0.39 is 93.0 Å². The highest BCUT2D eigenvalue weighted by Gasteiger charge is 2.47. The fraction of sp³-hybridized carbons (Fsp3) is 0.500. The van der Waals surface area contributed by atoms with Gasteiger partial charge in [0.05, 0.1) is 26.4 Å². The molecular formula is C32H39N5O13. The van der Waals surface area contributed by atoms with E-state index in [1.807, 2.05) is 24.3 Å². The van der Waals surface area contributed by atoms with Crippen molar-refractivity contribution in [2.24, 2.45) is 5.11 Å². The van der Waals surface area contributed by atoms with Crippen LogP contribution in [0.2, 0.25) is 0 Å². The molecule has 0 aliphatic carbocycles. The van der Waals surface area contributed by atoms with E-state index in [1.54, 1.807) is 30.3 Å². The Labute approximate surface area is 284 Å². The molecule has 10 atom stereocenters. The van der Waals surface area contributed by atoms with Crippen molar-refractivity contribution in [1.29, 1.82) is 0 Å². The first-order valence-corrected chi connectivity index (χ1v) is 15.8. The summed E-state index contributed by atoms with van der Waals surface area (Å²) < 4.78 is 28.0. The average molecular weight is 702 g/mol.